The van der Waals surface area contributed by atoms with Gasteiger partial charge in [0.1, 0.15) is 6.10 Å². The fraction of sp³-hybridized carbons (Fsp3) is 0.364. The summed E-state index contributed by atoms with van der Waals surface area (Å²) in [5.41, 5.74) is 9.80. The van der Waals surface area contributed by atoms with Gasteiger partial charge in [0.25, 0.3) is 0 Å². The maximum Gasteiger partial charge on any atom is 0.411 e. The van der Waals surface area contributed by atoms with Crippen LogP contribution in [-0.4, -0.2) is 67.6 Å². The molecule has 9 nitrogen and oxygen atoms in total. The first-order valence-electron chi connectivity index (χ1n) is 14.7. The second kappa shape index (κ2) is 14.2. The quantitative estimate of drug-likeness (QED) is 0.187. The highest BCUT2D eigenvalue weighted by atomic mass is 16.6. The number of likely N-dealkylation sites (tertiary alicyclic amines) is 1. The Kier molecular flexibility index (Phi) is 9.97. The minimum atomic E-state index is -0.498. The molecule has 1 aliphatic carbocycles. The number of nitrogens with two attached hydrogens (primary N) is 1. The molecule has 42 heavy (non-hydrogen) atoms. The van der Waals surface area contributed by atoms with Crippen LogP contribution in [0.1, 0.15) is 36.0 Å². The molecule has 2 amide bonds. The third kappa shape index (κ3) is 8.25. The zero-order valence-electron chi connectivity index (χ0n) is 23.8. The van der Waals surface area contributed by atoms with E-state index in [-0.39, 0.29) is 30.3 Å². The maximum absolute atomic E-state index is 12.7. The van der Waals surface area contributed by atoms with Gasteiger partial charge >= 0.3 is 6.09 Å². The van der Waals surface area contributed by atoms with E-state index in [2.05, 4.69) is 20.9 Å². The van der Waals surface area contributed by atoms with Crippen molar-refractivity contribution in [3.05, 3.63) is 84.4 Å². The summed E-state index contributed by atoms with van der Waals surface area (Å²) in [6.07, 6.45) is 2.93. The van der Waals surface area contributed by atoms with Crippen LogP contribution in [0.5, 0.6) is 0 Å². The lowest BCUT2D eigenvalue weighted by molar-refractivity contribution is -0.117. The number of rotatable bonds is 12. The van der Waals surface area contributed by atoms with Crippen molar-refractivity contribution in [2.24, 2.45) is 11.7 Å². The van der Waals surface area contributed by atoms with Gasteiger partial charge in [0, 0.05) is 43.0 Å². The predicted octanol–water partition coefficient (Wildman–Crippen LogP) is 4.51. The average Bonchev–Trinajstić information content (AvgIpc) is 3.86. The van der Waals surface area contributed by atoms with Crippen molar-refractivity contribution in [1.29, 1.82) is 0 Å². The Balaban J connectivity index is 0.991. The minimum absolute atomic E-state index is 0.0375. The molecule has 1 atom stereocenters. The number of amides is 2. The summed E-state index contributed by atoms with van der Waals surface area (Å²) in [6, 6.07) is 24.1. The Labute approximate surface area is 246 Å². The van der Waals surface area contributed by atoms with Crippen LogP contribution < -0.4 is 21.7 Å². The second-order valence-corrected chi connectivity index (χ2v) is 11.0. The Morgan fingerprint density at radius 2 is 1.62 bits per heavy atom. The highest BCUT2D eigenvalue weighted by Crippen LogP contribution is 2.32. The van der Waals surface area contributed by atoms with Gasteiger partial charge in [0.2, 0.25) is 5.91 Å². The molecule has 2 fully saturated rings. The van der Waals surface area contributed by atoms with Gasteiger partial charge in [-0.15, -0.1) is 0 Å². The van der Waals surface area contributed by atoms with E-state index in [1.54, 1.807) is 24.3 Å². The molecule has 9 heteroatoms. The zero-order chi connectivity index (χ0) is 29.3. The monoisotopic (exact) mass is 569 g/mol. The molecule has 0 aromatic heterocycles. The largest absolute Gasteiger partial charge is 0.446 e. The number of ether oxygens (including phenoxy) is 1. The average molecular weight is 570 g/mol. The number of benzene rings is 3. The van der Waals surface area contributed by atoms with Gasteiger partial charge in [0.05, 0.1) is 18.3 Å². The van der Waals surface area contributed by atoms with Crippen molar-refractivity contribution in [1.82, 2.24) is 10.2 Å². The lowest BCUT2D eigenvalue weighted by atomic mass is 10.0. The van der Waals surface area contributed by atoms with Gasteiger partial charge in [-0.1, -0.05) is 60.7 Å². The smallest absolute Gasteiger partial charge is 0.411 e. The molecule has 5 rings (SSSR count). The van der Waals surface area contributed by atoms with Crippen LogP contribution in [0.3, 0.4) is 0 Å². The summed E-state index contributed by atoms with van der Waals surface area (Å²) in [4.78, 5) is 39.9. The number of hydrogen-bond acceptors (Lipinski definition) is 7. The first-order valence-corrected chi connectivity index (χ1v) is 14.7. The molecule has 0 radical (unpaired) electrons. The maximum atomic E-state index is 12.7. The SMILES string of the molecule is NC(C(=O)Nc1cccc(C(=O)CNCCN2CCC(OC(=O)Nc3ccccc3-c3ccccc3)CC2)c1)C1CC1. The van der Waals surface area contributed by atoms with Crippen LogP contribution in [0.2, 0.25) is 0 Å². The number of nitrogens with one attached hydrogen (secondary N) is 3. The number of carbonyl (C=O) groups excluding carboxylic acids is 3. The Hall–Kier alpha value is -4.05. The molecule has 2 aliphatic rings. The van der Waals surface area contributed by atoms with Crippen molar-refractivity contribution in [3.63, 3.8) is 0 Å². The number of piperidine rings is 1. The molecular weight excluding hydrogens is 530 g/mol. The molecule has 0 bridgehead atoms. The second-order valence-electron chi connectivity index (χ2n) is 11.0. The van der Waals surface area contributed by atoms with Crippen LogP contribution in [-0.2, 0) is 9.53 Å². The van der Waals surface area contributed by atoms with Crippen molar-refractivity contribution in [2.75, 3.05) is 43.4 Å². The van der Waals surface area contributed by atoms with Crippen LogP contribution in [0.15, 0.2) is 78.9 Å². The number of anilines is 2. The molecule has 3 aromatic rings. The molecule has 1 heterocycles. The van der Waals surface area contributed by atoms with E-state index >= 15 is 0 Å². The van der Waals surface area contributed by atoms with Crippen molar-refractivity contribution in [3.8, 4) is 11.1 Å². The molecule has 3 aromatic carbocycles. The first-order chi connectivity index (χ1) is 20.5. The highest BCUT2D eigenvalue weighted by Gasteiger charge is 2.33. The zero-order valence-corrected chi connectivity index (χ0v) is 23.8. The molecule has 1 aliphatic heterocycles. The Morgan fingerprint density at radius 3 is 2.38 bits per heavy atom. The standard InChI is InChI=1S/C33H39N5O4/c34-31(24-13-14-24)32(40)36-26-10-6-9-25(21-26)30(39)22-35-17-20-38-18-15-27(16-19-38)42-33(41)37-29-12-5-4-11-28(29)23-7-2-1-3-8-23/h1-12,21,24,27,31,35H,13-20,22,34H2,(H,36,40)(H,37,41). The third-order valence-electron chi connectivity index (χ3n) is 7.83. The third-order valence-corrected chi connectivity index (χ3v) is 7.83. The van der Waals surface area contributed by atoms with E-state index in [9.17, 15) is 14.4 Å². The molecule has 1 saturated heterocycles. The summed E-state index contributed by atoms with van der Waals surface area (Å²) >= 11 is 0. The van der Waals surface area contributed by atoms with Crippen molar-refractivity contribution >= 4 is 29.2 Å². The summed E-state index contributed by atoms with van der Waals surface area (Å²) in [6.45, 7) is 3.31. The van der Waals surface area contributed by atoms with E-state index in [0.29, 0.717) is 17.8 Å². The minimum Gasteiger partial charge on any atom is -0.446 e. The highest BCUT2D eigenvalue weighted by molar-refractivity contribution is 6.00. The van der Waals surface area contributed by atoms with Crippen LogP contribution in [0.4, 0.5) is 16.2 Å². The fourth-order valence-corrected chi connectivity index (χ4v) is 5.21. The van der Waals surface area contributed by atoms with Gasteiger partial charge < -0.3 is 26.0 Å². The van der Waals surface area contributed by atoms with Crippen LogP contribution in [0, 0.1) is 5.92 Å². The Morgan fingerprint density at radius 1 is 0.881 bits per heavy atom. The van der Waals surface area contributed by atoms with E-state index in [1.165, 1.54) is 0 Å². The van der Waals surface area contributed by atoms with Gasteiger partial charge in [-0.3, -0.25) is 14.9 Å². The summed E-state index contributed by atoms with van der Waals surface area (Å²) in [5.74, 6) is 0.0260. The van der Waals surface area contributed by atoms with Crippen LogP contribution in [0.25, 0.3) is 11.1 Å². The molecule has 1 unspecified atom stereocenters. The van der Waals surface area contributed by atoms with E-state index < -0.39 is 12.1 Å². The lowest BCUT2D eigenvalue weighted by Gasteiger charge is -2.31. The summed E-state index contributed by atoms with van der Waals surface area (Å²) in [5, 5.41) is 8.97. The van der Waals surface area contributed by atoms with Gasteiger partial charge in [0.15, 0.2) is 5.78 Å². The number of nitrogens with zero attached hydrogens (tertiary/aromatic N) is 1. The molecular formula is C33H39N5O4. The summed E-state index contributed by atoms with van der Waals surface area (Å²) < 4.78 is 5.73. The molecule has 1 saturated carbocycles. The van der Waals surface area contributed by atoms with Gasteiger partial charge in [-0.25, -0.2) is 4.79 Å². The van der Waals surface area contributed by atoms with E-state index in [4.69, 9.17) is 10.5 Å². The lowest BCUT2D eigenvalue weighted by Crippen LogP contribution is -2.42. The molecule has 5 N–H and O–H groups in total. The number of ketones is 1. The molecule has 0 spiro atoms. The number of carbonyl (C=O) groups is 3. The normalized spacial score (nSPS) is 16.4. The van der Waals surface area contributed by atoms with Crippen LogP contribution >= 0.6 is 0 Å². The summed E-state index contributed by atoms with van der Waals surface area (Å²) in [7, 11) is 0. The predicted molar refractivity (Wildman–Crippen MR) is 164 cm³/mol. The Bertz CT molecular complexity index is 1370. The van der Waals surface area contributed by atoms with Gasteiger partial charge in [-0.05, 0) is 55.4 Å². The number of Topliss-reactive ketones (excluding diaryl/α,β-unsaturated/α-hetero) is 1. The van der Waals surface area contributed by atoms with E-state index in [1.807, 2.05) is 54.6 Å². The molecule has 220 valence electrons. The number of hydrogen-bond donors (Lipinski definition) is 4. The van der Waals surface area contributed by atoms with E-state index in [0.717, 1.165) is 62.1 Å². The first kappa shape index (κ1) is 29.4. The number of para-hydroxylation sites is 1. The van der Waals surface area contributed by atoms with Crippen molar-refractivity contribution < 1.29 is 19.1 Å². The van der Waals surface area contributed by atoms with Gasteiger partial charge in [-0.2, -0.15) is 0 Å². The van der Waals surface area contributed by atoms with Crippen molar-refractivity contribution in [2.45, 2.75) is 37.8 Å². The topological polar surface area (TPSA) is 126 Å². The fourth-order valence-electron chi connectivity index (χ4n) is 5.21.